The van der Waals surface area contributed by atoms with E-state index in [1.165, 1.54) is 0 Å². The van der Waals surface area contributed by atoms with Gasteiger partial charge in [0.1, 0.15) is 5.75 Å². The number of hydrogen-bond donors (Lipinski definition) is 2. The Morgan fingerprint density at radius 3 is 2.33 bits per heavy atom. The molecule has 2 aromatic rings. The number of methoxy groups -OCH3 is 1. The molecule has 3 rings (SSSR count). The van der Waals surface area contributed by atoms with E-state index in [0.717, 1.165) is 24.5 Å². The maximum absolute atomic E-state index is 12.3. The quantitative estimate of drug-likeness (QED) is 0.835. The molecule has 8 nitrogen and oxygen atoms in total. The Morgan fingerprint density at radius 2 is 1.70 bits per heavy atom. The van der Waals surface area contributed by atoms with Crippen LogP contribution in [0.1, 0.15) is 0 Å². The Morgan fingerprint density at radius 1 is 1.04 bits per heavy atom. The van der Waals surface area contributed by atoms with Crippen molar-refractivity contribution in [1.29, 1.82) is 0 Å². The van der Waals surface area contributed by atoms with Crippen LogP contribution >= 0.6 is 0 Å². The fourth-order valence-electron chi connectivity index (χ4n) is 2.87. The number of aromatic nitrogens is 1. The maximum atomic E-state index is 12.3. The first-order valence-corrected chi connectivity index (χ1v) is 8.77. The van der Waals surface area contributed by atoms with Crippen molar-refractivity contribution in [3.8, 4) is 5.75 Å². The first-order chi connectivity index (χ1) is 13.2. The van der Waals surface area contributed by atoms with Crippen molar-refractivity contribution < 1.29 is 14.3 Å². The molecule has 1 aromatic carbocycles. The zero-order valence-corrected chi connectivity index (χ0v) is 15.2. The molecule has 3 amide bonds. The lowest BCUT2D eigenvalue weighted by molar-refractivity contribution is -0.115. The second-order valence-corrected chi connectivity index (χ2v) is 6.11. The van der Waals surface area contributed by atoms with Crippen molar-refractivity contribution in [3.05, 3.63) is 48.8 Å². The van der Waals surface area contributed by atoms with Crippen molar-refractivity contribution in [3.63, 3.8) is 0 Å². The predicted octanol–water partition coefficient (Wildman–Crippen LogP) is 1.56. The molecule has 0 aliphatic carbocycles. The molecule has 8 heteroatoms. The average molecular weight is 369 g/mol. The molecule has 2 N–H and O–H groups in total. The number of ether oxygens (including phenoxy) is 1. The van der Waals surface area contributed by atoms with E-state index < -0.39 is 0 Å². The monoisotopic (exact) mass is 369 g/mol. The number of amides is 3. The zero-order valence-electron chi connectivity index (χ0n) is 15.2. The Kier molecular flexibility index (Phi) is 6.09. The van der Waals surface area contributed by atoms with E-state index in [2.05, 4.69) is 20.5 Å². The molecule has 2 heterocycles. The van der Waals surface area contributed by atoms with E-state index in [4.69, 9.17) is 4.74 Å². The number of carbonyl (C=O) groups excluding carboxylic acids is 2. The van der Waals surface area contributed by atoms with Crippen LogP contribution in [0.3, 0.4) is 0 Å². The molecule has 142 valence electrons. The summed E-state index contributed by atoms with van der Waals surface area (Å²) in [5.74, 6) is 0.549. The number of nitrogens with one attached hydrogen (secondary N) is 2. The van der Waals surface area contributed by atoms with Crippen molar-refractivity contribution in [2.24, 2.45) is 0 Å². The highest BCUT2D eigenvalue weighted by molar-refractivity contribution is 5.94. The third-order valence-electron chi connectivity index (χ3n) is 4.37. The van der Waals surface area contributed by atoms with Gasteiger partial charge in [0.2, 0.25) is 5.91 Å². The summed E-state index contributed by atoms with van der Waals surface area (Å²) in [6, 6.07) is 11.0. The number of piperazine rings is 1. The number of pyridine rings is 1. The minimum absolute atomic E-state index is 0.0696. The molecule has 1 aliphatic rings. The molecule has 0 bridgehead atoms. The highest BCUT2D eigenvalue weighted by Crippen LogP contribution is 2.20. The van der Waals surface area contributed by atoms with Gasteiger partial charge in [0, 0.05) is 49.9 Å². The average Bonchev–Trinajstić information content (AvgIpc) is 2.73. The summed E-state index contributed by atoms with van der Waals surface area (Å²) in [4.78, 5) is 32.0. The summed E-state index contributed by atoms with van der Waals surface area (Å²) in [7, 11) is 1.64. The predicted molar refractivity (Wildman–Crippen MR) is 103 cm³/mol. The highest BCUT2D eigenvalue weighted by atomic mass is 16.5. The van der Waals surface area contributed by atoms with Gasteiger partial charge in [-0.25, -0.2) is 4.79 Å². The van der Waals surface area contributed by atoms with Crippen LogP contribution in [0, 0.1) is 0 Å². The number of urea groups is 1. The number of benzene rings is 1. The molecular formula is C19H23N5O3. The minimum Gasteiger partial charge on any atom is -0.497 e. The number of anilines is 2. The van der Waals surface area contributed by atoms with Crippen molar-refractivity contribution in [2.75, 3.05) is 50.1 Å². The van der Waals surface area contributed by atoms with Gasteiger partial charge < -0.3 is 25.2 Å². The topological polar surface area (TPSA) is 86.8 Å². The highest BCUT2D eigenvalue weighted by Gasteiger charge is 2.21. The van der Waals surface area contributed by atoms with Gasteiger partial charge in [0.05, 0.1) is 13.7 Å². The van der Waals surface area contributed by atoms with Gasteiger partial charge in [-0.05, 0) is 36.4 Å². The molecule has 0 unspecified atom stereocenters. The second kappa shape index (κ2) is 8.88. The number of rotatable bonds is 5. The standard InChI is InChI=1S/C19H23N5O3/c1-27-17-4-2-16(3-5-17)23-10-12-24(13-11-23)19(26)21-14-18(25)22-15-6-8-20-9-7-15/h2-9H,10-14H2,1H3,(H,21,26)(H,20,22,25). The van der Waals surface area contributed by atoms with Crippen LogP contribution in [0.4, 0.5) is 16.2 Å². The van der Waals surface area contributed by atoms with Crippen LogP contribution in [0.5, 0.6) is 5.75 Å². The van der Waals surface area contributed by atoms with E-state index >= 15 is 0 Å². The lowest BCUT2D eigenvalue weighted by Gasteiger charge is -2.36. The van der Waals surface area contributed by atoms with Gasteiger partial charge in [-0.2, -0.15) is 0 Å². The summed E-state index contributed by atoms with van der Waals surface area (Å²) in [5, 5.41) is 5.37. The van der Waals surface area contributed by atoms with Gasteiger partial charge in [0.15, 0.2) is 0 Å². The lowest BCUT2D eigenvalue weighted by Crippen LogP contribution is -2.52. The maximum Gasteiger partial charge on any atom is 0.317 e. The Balaban J connectivity index is 1.42. The summed E-state index contributed by atoms with van der Waals surface area (Å²) >= 11 is 0. The van der Waals surface area contributed by atoms with E-state index in [9.17, 15) is 9.59 Å². The van der Waals surface area contributed by atoms with E-state index in [0.29, 0.717) is 18.8 Å². The van der Waals surface area contributed by atoms with E-state index in [1.807, 2.05) is 24.3 Å². The zero-order chi connectivity index (χ0) is 19.1. The molecule has 1 aliphatic heterocycles. The third kappa shape index (κ3) is 5.10. The molecule has 0 radical (unpaired) electrons. The number of hydrogen-bond acceptors (Lipinski definition) is 5. The van der Waals surface area contributed by atoms with Gasteiger partial charge >= 0.3 is 6.03 Å². The summed E-state index contributed by atoms with van der Waals surface area (Å²) in [6.45, 7) is 2.61. The van der Waals surface area contributed by atoms with Gasteiger partial charge in [0.25, 0.3) is 0 Å². The smallest absolute Gasteiger partial charge is 0.317 e. The van der Waals surface area contributed by atoms with Crippen LogP contribution in [-0.2, 0) is 4.79 Å². The summed E-state index contributed by atoms with van der Waals surface area (Å²) < 4.78 is 5.17. The van der Waals surface area contributed by atoms with Crippen LogP contribution < -0.4 is 20.3 Å². The van der Waals surface area contributed by atoms with Crippen LogP contribution in [0.2, 0.25) is 0 Å². The largest absolute Gasteiger partial charge is 0.497 e. The van der Waals surface area contributed by atoms with Gasteiger partial charge in [-0.15, -0.1) is 0 Å². The van der Waals surface area contributed by atoms with Crippen molar-refractivity contribution in [2.45, 2.75) is 0 Å². The van der Waals surface area contributed by atoms with Gasteiger partial charge in [-0.1, -0.05) is 0 Å². The number of carbonyl (C=O) groups is 2. The van der Waals surface area contributed by atoms with Crippen molar-refractivity contribution in [1.82, 2.24) is 15.2 Å². The molecule has 0 atom stereocenters. The first-order valence-electron chi connectivity index (χ1n) is 8.77. The Labute approximate surface area is 158 Å². The molecule has 1 aromatic heterocycles. The molecule has 1 fully saturated rings. The van der Waals surface area contributed by atoms with Crippen LogP contribution in [0.25, 0.3) is 0 Å². The molecule has 0 saturated carbocycles. The lowest BCUT2D eigenvalue weighted by atomic mass is 10.2. The molecule has 27 heavy (non-hydrogen) atoms. The Hall–Kier alpha value is -3.29. The minimum atomic E-state index is -0.272. The summed E-state index contributed by atoms with van der Waals surface area (Å²) in [5.41, 5.74) is 1.75. The second-order valence-electron chi connectivity index (χ2n) is 6.11. The normalized spacial score (nSPS) is 13.8. The fraction of sp³-hybridized carbons (Fsp3) is 0.316. The van der Waals surface area contributed by atoms with E-state index in [1.54, 1.807) is 36.5 Å². The van der Waals surface area contributed by atoms with E-state index in [-0.39, 0.29) is 18.5 Å². The summed E-state index contributed by atoms with van der Waals surface area (Å²) in [6.07, 6.45) is 3.19. The number of nitrogens with zero attached hydrogens (tertiary/aromatic N) is 3. The van der Waals surface area contributed by atoms with Crippen molar-refractivity contribution >= 4 is 23.3 Å². The SMILES string of the molecule is COc1ccc(N2CCN(C(=O)NCC(=O)Nc3ccncc3)CC2)cc1. The first kappa shape index (κ1) is 18.5. The van der Waals surface area contributed by atoms with Crippen LogP contribution in [-0.4, -0.2) is 61.7 Å². The molecular weight excluding hydrogens is 346 g/mol. The Bertz CT molecular complexity index is 759. The molecule has 0 spiro atoms. The molecule has 1 saturated heterocycles. The van der Waals surface area contributed by atoms with Crippen LogP contribution in [0.15, 0.2) is 48.8 Å². The van der Waals surface area contributed by atoms with Gasteiger partial charge in [-0.3, -0.25) is 9.78 Å². The fourth-order valence-corrected chi connectivity index (χ4v) is 2.87. The third-order valence-corrected chi connectivity index (χ3v) is 4.37.